The number of anilines is 1. The molecule has 0 aliphatic heterocycles. The number of rotatable bonds is 11. The van der Waals surface area contributed by atoms with Gasteiger partial charge in [0.05, 0.1) is 11.9 Å². The van der Waals surface area contributed by atoms with E-state index in [1.54, 1.807) is 48.5 Å². The summed E-state index contributed by atoms with van der Waals surface area (Å²) >= 11 is 12.7. The van der Waals surface area contributed by atoms with E-state index in [1.165, 1.54) is 4.90 Å². The summed E-state index contributed by atoms with van der Waals surface area (Å²) in [6.45, 7) is -0.479. The lowest BCUT2D eigenvalue weighted by atomic mass is 9.94. The molecule has 4 rings (SSSR count). The number of hydrogen-bond donors (Lipinski definition) is 1. The molecule has 1 unspecified atom stereocenters. The van der Waals surface area contributed by atoms with Crippen LogP contribution in [0.25, 0.3) is 0 Å². The second kappa shape index (κ2) is 14.2. The fourth-order valence-electron chi connectivity index (χ4n) is 5.14. The standard InChI is InChI=1S/C31H35Cl2N3O4S/c1-41(39,40)36(27-15-9-4-10-16-27)22-30(37)35(21-24-17-18-25(32)20-28(24)33)29(19-23-11-5-2-6-12-23)31(38)34-26-13-7-3-8-14-26/h2,4-6,9-12,15-18,20,26,29H,3,7-8,13-14,19,21-22H2,1H3,(H,34,38). The summed E-state index contributed by atoms with van der Waals surface area (Å²) in [6, 6.07) is 22.0. The van der Waals surface area contributed by atoms with E-state index in [0.717, 1.165) is 48.2 Å². The number of benzene rings is 3. The van der Waals surface area contributed by atoms with Gasteiger partial charge in [0.15, 0.2) is 0 Å². The maximum absolute atomic E-state index is 14.2. The Kier molecular flexibility index (Phi) is 10.7. The molecular weight excluding hydrogens is 581 g/mol. The quantitative estimate of drug-likeness (QED) is 0.293. The average molecular weight is 617 g/mol. The summed E-state index contributed by atoms with van der Waals surface area (Å²) in [5, 5.41) is 3.98. The smallest absolute Gasteiger partial charge is 0.244 e. The molecule has 1 N–H and O–H groups in total. The van der Waals surface area contributed by atoms with Crippen molar-refractivity contribution in [1.29, 1.82) is 0 Å². The topological polar surface area (TPSA) is 86.8 Å². The molecule has 1 atom stereocenters. The Hall–Kier alpha value is -3.07. The molecule has 1 aliphatic rings. The van der Waals surface area contributed by atoms with Crippen molar-refractivity contribution in [3.63, 3.8) is 0 Å². The first kappa shape index (κ1) is 30.9. The number of nitrogens with one attached hydrogen (secondary N) is 1. The van der Waals surface area contributed by atoms with Crippen molar-refractivity contribution in [2.75, 3.05) is 17.1 Å². The second-order valence-electron chi connectivity index (χ2n) is 10.4. The van der Waals surface area contributed by atoms with Gasteiger partial charge >= 0.3 is 0 Å². The molecule has 1 fully saturated rings. The van der Waals surface area contributed by atoms with Crippen molar-refractivity contribution < 1.29 is 18.0 Å². The zero-order valence-electron chi connectivity index (χ0n) is 23.0. The number of hydrogen-bond acceptors (Lipinski definition) is 4. The summed E-state index contributed by atoms with van der Waals surface area (Å²) in [5.74, 6) is -0.796. The van der Waals surface area contributed by atoms with E-state index in [4.69, 9.17) is 23.2 Å². The van der Waals surface area contributed by atoms with Crippen LogP contribution in [0.2, 0.25) is 10.0 Å². The van der Waals surface area contributed by atoms with Crippen molar-refractivity contribution in [3.05, 3.63) is 100 Å². The van der Waals surface area contributed by atoms with Crippen LogP contribution in [0.3, 0.4) is 0 Å². The summed E-state index contributed by atoms with van der Waals surface area (Å²) in [4.78, 5) is 29.6. The molecule has 0 spiro atoms. The van der Waals surface area contributed by atoms with Gasteiger partial charge in [-0.25, -0.2) is 8.42 Å². The fourth-order valence-corrected chi connectivity index (χ4v) is 6.46. The lowest BCUT2D eigenvalue weighted by Gasteiger charge is -2.35. The van der Waals surface area contributed by atoms with E-state index in [0.29, 0.717) is 21.3 Å². The molecule has 0 saturated heterocycles. The molecule has 0 aromatic heterocycles. The minimum absolute atomic E-state index is 0.00316. The first-order valence-corrected chi connectivity index (χ1v) is 16.3. The van der Waals surface area contributed by atoms with Crippen LogP contribution >= 0.6 is 23.2 Å². The lowest BCUT2D eigenvalue weighted by molar-refractivity contribution is -0.140. The molecular formula is C31H35Cl2N3O4S. The molecule has 1 saturated carbocycles. The van der Waals surface area contributed by atoms with E-state index in [1.807, 2.05) is 30.3 Å². The van der Waals surface area contributed by atoms with E-state index in [-0.39, 0.29) is 24.9 Å². The zero-order valence-corrected chi connectivity index (χ0v) is 25.3. The van der Waals surface area contributed by atoms with Gasteiger partial charge < -0.3 is 10.2 Å². The van der Waals surface area contributed by atoms with Crippen LogP contribution in [0, 0.1) is 0 Å². The minimum Gasteiger partial charge on any atom is -0.352 e. The third-order valence-electron chi connectivity index (χ3n) is 7.30. The van der Waals surface area contributed by atoms with Crippen LogP contribution < -0.4 is 9.62 Å². The summed E-state index contributed by atoms with van der Waals surface area (Å²) in [5.41, 5.74) is 1.83. The van der Waals surface area contributed by atoms with Crippen molar-refractivity contribution in [3.8, 4) is 0 Å². The Morgan fingerprint density at radius 2 is 1.56 bits per heavy atom. The monoisotopic (exact) mass is 615 g/mol. The van der Waals surface area contributed by atoms with Crippen LogP contribution in [0.4, 0.5) is 5.69 Å². The van der Waals surface area contributed by atoms with Crippen molar-refractivity contribution in [2.45, 2.75) is 57.2 Å². The predicted molar refractivity (Wildman–Crippen MR) is 165 cm³/mol. The Morgan fingerprint density at radius 1 is 0.927 bits per heavy atom. The highest BCUT2D eigenvalue weighted by molar-refractivity contribution is 7.92. The average Bonchev–Trinajstić information content (AvgIpc) is 2.95. The van der Waals surface area contributed by atoms with Crippen molar-refractivity contribution in [1.82, 2.24) is 10.2 Å². The Morgan fingerprint density at radius 3 is 2.17 bits per heavy atom. The van der Waals surface area contributed by atoms with E-state index < -0.39 is 28.5 Å². The molecule has 2 amide bonds. The summed E-state index contributed by atoms with van der Waals surface area (Å²) < 4.78 is 26.7. The molecule has 3 aromatic rings. The molecule has 3 aromatic carbocycles. The number of sulfonamides is 1. The maximum atomic E-state index is 14.2. The molecule has 10 heteroatoms. The van der Waals surface area contributed by atoms with Gasteiger partial charge in [-0.3, -0.25) is 13.9 Å². The summed E-state index contributed by atoms with van der Waals surface area (Å²) in [7, 11) is -3.82. The third-order valence-corrected chi connectivity index (χ3v) is 9.03. The number of para-hydroxylation sites is 1. The van der Waals surface area contributed by atoms with Gasteiger partial charge in [-0.05, 0) is 48.2 Å². The highest BCUT2D eigenvalue weighted by atomic mass is 35.5. The number of nitrogens with zero attached hydrogens (tertiary/aromatic N) is 2. The van der Waals surface area contributed by atoms with Crippen molar-refractivity contribution in [2.24, 2.45) is 0 Å². The molecule has 7 nitrogen and oxygen atoms in total. The third kappa shape index (κ3) is 8.71. The molecule has 0 bridgehead atoms. The number of halogens is 2. The highest BCUT2D eigenvalue weighted by Crippen LogP contribution is 2.26. The molecule has 218 valence electrons. The molecule has 41 heavy (non-hydrogen) atoms. The lowest BCUT2D eigenvalue weighted by Crippen LogP contribution is -2.55. The number of amides is 2. The van der Waals surface area contributed by atoms with Gasteiger partial charge in [-0.1, -0.05) is 97.1 Å². The Labute approximate surface area is 252 Å². The number of carbonyl (C=O) groups is 2. The first-order chi connectivity index (χ1) is 19.6. The van der Waals surface area contributed by atoms with Gasteiger partial charge in [-0.15, -0.1) is 0 Å². The van der Waals surface area contributed by atoms with Gasteiger partial charge in [0.1, 0.15) is 12.6 Å². The van der Waals surface area contributed by atoms with E-state index >= 15 is 0 Å². The van der Waals surface area contributed by atoms with Gasteiger partial charge in [-0.2, -0.15) is 0 Å². The molecule has 1 aliphatic carbocycles. The Bertz CT molecular complexity index is 1430. The normalized spacial score (nSPS) is 14.7. The zero-order chi connectivity index (χ0) is 29.4. The fraction of sp³-hybridized carbons (Fsp3) is 0.355. The first-order valence-electron chi connectivity index (χ1n) is 13.7. The van der Waals surface area contributed by atoms with Crippen molar-refractivity contribution >= 4 is 50.7 Å². The van der Waals surface area contributed by atoms with Gasteiger partial charge in [0.2, 0.25) is 21.8 Å². The second-order valence-corrected chi connectivity index (χ2v) is 13.2. The number of carbonyl (C=O) groups excluding carboxylic acids is 2. The van der Waals surface area contributed by atoms with Gasteiger partial charge in [0.25, 0.3) is 0 Å². The summed E-state index contributed by atoms with van der Waals surface area (Å²) in [6.07, 6.45) is 6.30. The van der Waals surface area contributed by atoms with Crippen LogP contribution in [-0.2, 0) is 32.6 Å². The van der Waals surface area contributed by atoms with E-state index in [2.05, 4.69) is 5.32 Å². The van der Waals surface area contributed by atoms with Crippen LogP contribution in [0.15, 0.2) is 78.9 Å². The minimum atomic E-state index is -3.82. The van der Waals surface area contributed by atoms with E-state index in [9.17, 15) is 18.0 Å². The highest BCUT2D eigenvalue weighted by Gasteiger charge is 2.34. The van der Waals surface area contributed by atoms with Crippen LogP contribution in [0.5, 0.6) is 0 Å². The Balaban J connectivity index is 1.73. The van der Waals surface area contributed by atoms with Gasteiger partial charge in [0, 0.05) is 29.1 Å². The van der Waals surface area contributed by atoms with Crippen LogP contribution in [0.1, 0.15) is 43.2 Å². The predicted octanol–water partition coefficient (Wildman–Crippen LogP) is 5.85. The largest absolute Gasteiger partial charge is 0.352 e. The maximum Gasteiger partial charge on any atom is 0.244 e. The van der Waals surface area contributed by atoms with Crippen LogP contribution in [-0.4, -0.2) is 50.0 Å². The SMILES string of the molecule is CS(=O)(=O)N(CC(=O)N(Cc1ccc(Cl)cc1Cl)C(Cc1ccccc1)C(=O)NC1CCCCC1)c1ccccc1. The molecule has 0 radical (unpaired) electrons. The molecule has 0 heterocycles.